The largest absolute Gasteiger partial charge is 0.313 e. The molecule has 284 valence electrons. The molecule has 0 spiro atoms. The number of aryl methyl sites for hydroxylation is 3. The van der Waals surface area contributed by atoms with Gasteiger partial charge in [-0.2, -0.15) is 0 Å². The van der Waals surface area contributed by atoms with Crippen LogP contribution in [0.4, 0.5) is 0 Å². The summed E-state index contributed by atoms with van der Waals surface area (Å²) >= 11 is 0. The number of benzene rings is 8. The van der Waals surface area contributed by atoms with Crippen LogP contribution in [-0.2, 0) is 12.8 Å². The highest BCUT2D eigenvalue weighted by Crippen LogP contribution is 2.46. The Hall–Kier alpha value is -6.90. The van der Waals surface area contributed by atoms with E-state index in [0.717, 1.165) is 12.8 Å². The van der Waals surface area contributed by atoms with Crippen LogP contribution in [0.5, 0.6) is 0 Å². The molecule has 59 heavy (non-hydrogen) atoms. The topological polar surface area (TPSA) is 9.86 Å². The van der Waals surface area contributed by atoms with Crippen LogP contribution in [0.2, 0.25) is 0 Å². The van der Waals surface area contributed by atoms with Gasteiger partial charge in [-0.1, -0.05) is 133 Å². The summed E-state index contributed by atoms with van der Waals surface area (Å²) in [6.45, 7) is 7.09. The second kappa shape index (κ2) is 14.2. The lowest BCUT2D eigenvalue weighted by Gasteiger charge is -2.18. The second-order valence-electron chi connectivity index (χ2n) is 16.4. The minimum atomic E-state index is 1.12. The SMILES string of the molecule is Cc1c(-c2ccc3c(c2)c2c(-c4ccccc4)cccc2n3-c2ccc(-c3ccccc3)cc2-c2ccccc2)c(C)c2c3c(n(-c4ccccc4)c2c1C)CCCC3. The fourth-order valence-corrected chi connectivity index (χ4v) is 10.4. The molecule has 0 atom stereocenters. The summed E-state index contributed by atoms with van der Waals surface area (Å²) in [5, 5.41) is 4.01. The zero-order chi connectivity index (χ0) is 39.6. The highest BCUT2D eigenvalue weighted by atomic mass is 15.0. The van der Waals surface area contributed by atoms with E-state index in [0.29, 0.717) is 0 Å². The summed E-state index contributed by atoms with van der Waals surface area (Å²) < 4.78 is 5.11. The van der Waals surface area contributed by atoms with Gasteiger partial charge < -0.3 is 9.13 Å². The fraction of sp³-hybridized carbons (Fsp3) is 0.123. The molecule has 0 saturated carbocycles. The molecule has 0 N–H and O–H groups in total. The predicted molar refractivity (Wildman–Crippen MR) is 250 cm³/mol. The second-order valence-corrected chi connectivity index (χ2v) is 16.4. The van der Waals surface area contributed by atoms with Crippen molar-refractivity contribution in [3.63, 3.8) is 0 Å². The highest BCUT2D eigenvalue weighted by molar-refractivity contribution is 6.17. The van der Waals surface area contributed by atoms with Gasteiger partial charge in [0.05, 0.1) is 22.2 Å². The van der Waals surface area contributed by atoms with Gasteiger partial charge in [0.15, 0.2) is 0 Å². The van der Waals surface area contributed by atoms with E-state index in [1.807, 2.05) is 0 Å². The van der Waals surface area contributed by atoms with E-state index in [-0.39, 0.29) is 0 Å². The minimum absolute atomic E-state index is 1.12. The molecular formula is C57H46N2. The number of aromatic nitrogens is 2. The number of fused-ring (bicyclic) bond motifs is 6. The Morgan fingerprint density at radius 3 is 1.75 bits per heavy atom. The van der Waals surface area contributed by atoms with Gasteiger partial charge in [-0.3, -0.25) is 0 Å². The lowest BCUT2D eigenvalue weighted by Crippen LogP contribution is -2.07. The van der Waals surface area contributed by atoms with E-state index in [1.54, 1.807) is 5.56 Å². The van der Waals surface area contributed by atoms with Crippen LogP contribution in [0.3, 0.4) is 0 Å². The van der Waals surface area contributed by atoms with Crippen LogP contribution in [0.25, 0.3) is 88.6 Å². The van der Waals surface area contributed by atoms with Gasteiger partial charge in [0.2, 0.25) is 0 Å². The van der Waals surface area contributed by atoms with Gasteiger partial charge in [-0.05, 0) is 150 Å². The molecule has 0 fully saturated rings. The summed E-state index contributed by atoms with van der Waals surface area (Å²) in [4.78, 5) is 0. The lowest BCUT2D eigenvalue weighted by atomic mass is 9.86. The zero-order valence-electron chi connectivity index (χ0n) is 34.0. The van der Waals surface area contributed by atoms with E-state index in [9.17, 15) is 0 Å². The predicted octanol–water partition coefficient (Wildman–Crippen LogP) is 15.2. The average Bonchev–Trinajstić information content (AvgIpc) is 3.83. The molecule has 11 rings (SSSR count). The van der Waals surface area contributed by atoms with Gasteiger partial charge in [-0.25, -0.2) is 0 Å². The van der Waals surface area contributed by atoms with E-state index < -0.39 is 0 Å². The molecule has 2 heterocycles. The monoisotopic (exact) mass is 758 g/mol. The Labute approximate surface area is 346 Å². The molecule has 2 nitrogen and oxygen atoms in total. The van der Waals surface area contributed by atoms with Crippen LogP contribution < -0.4 is 0 Å². The van der Waals surface area contributed by atoms with Crippen molar-refractivity contribution in [2.45, 2.75) is 46.5 Å². The van der Waals surface area contributed by atoms with Crippen molar-refractivity contribution < 1.29 is 0 Å². The van der Waals surface area contributed by atoms with Crippen LogP contribution in [-0.4, -0.2) is 9.13 Å². The summed E-state index contributed by atoms with van der Waals surface area (Å²) in [7, 11) is 0. The first-order chi connectivity index (χ1) is 29.1. The molecule has 2 aromatic heterocycles. The summed E-state index contributed by atoms with van der Waals surface area (Å²) in [5.74, 6) is 0. The molecule has 0 bridgehead atoms. The first-order valence-electron chi connectivity index (χ1n) is 21.2. The van der Waals surface area contributed by atoms with Crippen LogP contribution in [0, 0.1) is 20.8 Å². The number of rotatable bonds is 6. The molecular weight excluding hydrogens is 713 g/mol. The molecule has 0 aliphatic heterocycles. The van der Waals surface area contributed by atoms with E-state index in [1.165, 1.54) is 124 Å². The van der Waals surface area contributed by atoms with E-state index in [2.05, 4.69) is 206 Å². The Morgan fingerprint density at radius 2 is 1.03 bits per heavy atom. The Morgan fingerprint density at radius 1 is 0.407 bits per heavy atom. The Bertz CT molecular complexity index is 3200. The van der Waals surface area contributed by atoms with Gasteiger partial charge >= 0.3 is 0 Å². The van der Waals surface area contributed by atoms with Gasteiger partial charge in [0.25, 0.3) is 0 Å². The quantitative estimate of drug-likeness (QED) is 0.160. The van der Waals surface area contributed by atoms with Crippen LogP contribution >= 0.6 is 0 Å². The zero-order valence-corrected chi connectivity index (χ0v) is 34.0. The Kier molecular flexibility index (Phi) is 8.48. The third kappa shape index (κ3) is 5.62. The molecule has 2 heteroatoms. The number of para-hydroxylation sites is 1. The maximum absolute atomic E-state index is 2.60. The third-order valence-electron chi connectivity index (χ3n) is 13.1. The summed E-state index contributed by atoms with van der Waals surface area (Å²) in [6, 6.07) is 64.7. The maximum Gasteiger partial charge on any atom is 0.0569 e. The molecule has 10 aromatic rings. The molecule has 8 aromatic carbocycles. The molecule has 0 amide bonds. The number of nitrogens with zero attached hydrogens (tertiary/aromatic N) is 2. The summed E-state index contributed by atoms with van der Waals surface area (Å²) in [5.41, 5.74) is 23.4. The van der Waals surface area contributed by atoms with Crippen molar-refractivity contribution in [2.24, 2.45) is 0 Å². The van der Waals surface area contributed by atoms with Crippen molar-refractivity contribution in [1.29, 1.82) is 0 Å². The smallest absolute Gasteiger partial charge is 0.0569 e. The number of hydrogen-bond acceptors (Lipinski definition) is 0. The lowest BCUT2D eigenvalue weighted by molar-refractivity contribution is 0.666. The third-order valence-corrected chi connectivity index (χ3v) is 13.1. The fourth-order valence-electron chi connectivity index (χ4n) is 10.4. The highest BCUT2D eigenvalue weighted by Gasteiger charge is 2.27. The number of hydrogen-bond donors (Lipinski definition) is 0. The molecule has 0 saturated heterocycles. The van der Waals surface area contributed by atoms with Crippen LogP contribution in [0.1, 0.15) is 40.8 Å². The van der Waals surface area contributed by atoms with E-state index in [4.69, 9.17) is 0 Å². The molecule has 0 unspecified atom stereocenters. The van der Waals surface area contributed by atoms with Crippen LogP contribution in [0.15, 0.2) is 176 Å². The van der Waals surface area contributed by atoms with Gasteiger partial charge in [-0.15, -0.1) is 0 Å². The van der Waals surface area contributed by atoms with Crippen molar-refractivity contribution in [3.8, 4) is 55.9 Å². The maximum atomic E-state index is 2.60. The van der Waals surface area contributed by atoms with Gasteiger partial charge in [0, 0.05) is 33.1 Å². The van der Waals surface area contributed by atoms with Crippen molar-refractivity contribution in [1.82, 2.24) is 9.13 Å². The molecule has 1 aliphatic carbocycles. The van der Waals surface area contributed by atoms with Crippen molar-refractivity contribution >= 4 is 32.7 Å². The van der Waals surface area contributed by atoms with Crippen molar-refractivity contribution in [3.05, 3.63) is 204 Å². The van der Waals surface area contributed by atoms with E-state index >= 15 is 0 Å². The molecule has 1 aliphatic rings. The minimum Gasteiger partial charge on any atom is -0.313 e. The summed E-state index contributed by atoms with van der Waals surface area (Å²) in [6.07, 6.45) is 4.74. The molecule has 0 radical (unpaired) electrons. The van der Waals surface area contributed by atoms with Gasteiger partial charge in [0.1, 0.15) is 0 Å². The normalized spacial score (nSPS) is 12.7. The standard InChI is InChI=1S/C57H46N2/c1-37-38(2)57-55(47-27-16-17-29-50(47)58(57)45-25-14-7-15-26-45)39(3)54(37)44-32-34-52-49(36-44)56-46(41-21-10-5-11-22-41)28-18-30-53(56)59(52)51-33-31-43(40-19-8-4-9-20-40)35-48(51)42-23-12-6-13-24-42/h4-15,18-26,28,30-36H,16-17,27,29H2,1-3H3. The first-order valence-corrected chi connectivity index (χ1v) is 21.2. The Balaban J connectivity index is 1.20. The first kappa shape index (κ1) is 35.3. The van der Waals surface area contributed by atoms with Crippen molar-refractivity contribution in [2.75, 3.05) is 0 Å². The average molecular weight is 759 g/mol.